The number of hydrogen-bond donors (Lipinski definition) is 1. The first kappa shape index (κ1) is 6.10. The molecule has 2 rings (SSSR count). The highest BCUT2D eigenvalue weighted by Gasteiger charge is 2.20. The fourth-order valence-electron chi connectivity index (χ4n) is 1.59. The monoisotopic (exact) mass is 136 g/mol. The van der Waals surface area contributed by atoms with Crippen molar-refractivity contribution < 1.29 is 0 Å². The SMILES string of the molecule is C1=CC2NCN=CC2CC1. The zero-order valence-electron chi connectivity index (χ0n) is 5.96. The van der Waals surface area contributed by atoms with Gasteiger partial charge in [0.15, 0.2) is 0 Å². The Kier molecular flexibility index (Phi) is 1.55. The van der Waals surface area contributed by atoms with E-state index in [1.165, 1.54) is 12.8 Å². The summed E-state index contributed by atoms with van der Waals surface area (Å²) in [5.41, 5.74) is 0. The second-order valence-corrected chi connectivity index (χ2v) is 2.89. The van der Waals surface area contributed by atoms with Gasteiger partial charge in [-0.3, -0.25) is 10.3 Å². The van der Waals surface area contributed by atoms with E-state index in [1.54, 1.807) is 0 Å². The third kappa shape index (κ3) is 0.991. The lowest BCUT2D eigenvalue weighted by Crippen LogP contribution is -2.40. The third-order valence-electron chi connectivity index (χ3n) is 2.19. The van der Waals surface area contributed by atoms with E-state index < -0.39 is 0 Å². The summed E-state index contributed by atoms with van der Waals surface area (Å²) in [7, 11) is 0. The van der Waals surface area contributed by atoms with Crippen molar-refractivity contribution in [2.75, 3.05) is 6.67 Å². The van der Waals surface area contributed by atoms with Crippen LogP contribution in [0.1, 0.15) is 12.8 Å². The van der Waals surface area contributed by atoms with Gasteiger partial charge in [-0.2, -0.15) is 0 Å². The van der Waals surface area contributed by atoms with Crippen molar-refractivity contribution in [3.8, 4) is 0 Å². The average Bonchev–Trinajstić information content (AvgIpc) is 2.05. The number of fused-ring (bicyclic) bond motifs is 1. The van der Waals surface area contributed by atoms with Crippen molar-refractivity contribution in [2.24, 2.45) is 10.9 Å². The number of aliphatic imine (C=N–C) groups is 1. The molecule has 2 atom stereocenters. The summed E-state index contributed by atoms with van der Waals surface area (Å²) >= 11 is 0. The molecule has 2 aliphatic rings. The fraction of sp³-hybridized carbons (Fsp3) is 0.625. The lowest BCUT2D eigenvalue weighted by atomic mass is 9.90. The van der Waals surface area contributed by atoms with Crippen molar-refractivity contribution in [3.05, 3.63) is 12.2 Å². The molecule has 1 aliphatic carbocycles. The van der Waals surface area contributed by atoms with Crippen LogP contribution in [0.3, 0.4) is 0 Å². The lowest BCUT2D eigenvalue weighted by Gasteiger charge is -2.27. The number of nitrogens with one attached hydrogen (secondary N) is 1. The van der Waals surface area contributed by atoms with Gasteiger partial charge in [0.1, 0.15) is 0 Å². The molecule has 0 saturated heterocycles. The van der Waals surface area contributed by atoms with Gasteiger partial charge in [-0.05, 0) is 12.8 Å². The number of allylic oxidation sites excluding steroid dienone is 1. The van der Waals surface area contributed by atoms with Crippen LogP contribution in [0.2, 0.25) is 0 Å². The van der Waals surface area contributed by atoms with Gasteiger partial charge in [-0.15, -0.1) is 0 Å². The van der Waals surface area contributed by atoms with Gasteiger partial charge >= 0.3 is 0 Å². The van der Waals surface area contributed by atoms with Crippen LogP contribution in [-0.4, -0.2) is 18.9 Å². The Morgan fingerprint density at radius 3 is 3.40 bits per heavy atom. The fourth-order valence-corrected chi connectivity index (χ4v) is 1.59. The van der Waals surface area contributed by atoms with E-state index in [9.17, 15) is 0 Å². The standard InChI is InChI=1S/C8H12N2/c1-2-4-8-7(3-1)5-9-6-10-8/h2,4-5,7-8,10H,1,3,6H2. The lowest BCUT2D eigenvalue weighted by molar-refractivity contribution is 0.448. The van der Waals surface area contributed by atoms with Crippen LogP contribution >= 0.6 is 0 Å². The first-order chi connectivity index (χ1) is 4.97. The van der Waals surface area contributed by atoms with Crippen LogP contribution in [0.25, 0.3) is 0 Å². The molecule has 0 spiro atoms. The molecule has 2 nitrogen and oxygen atoms in total. The molecule has 1 N–H and O–H groups in total. The molecule has 2 heteroatoms. The zero-order chi connectivity index (χ0) is 6.81. The average molecular weight is 136 g/mol. The molecular weight excluding hydrogens is 124 g/mol. The smallest absolute Gasteiger partial charge is 0.0885 e. The predicted molar refractivity (Wildman–Crippen MR) is 42.1 cm³/mol. The van der Waals surface area contributed by atoms with E-state index in [-0.39, 0.29) is 0 Å². The van der Waals surface area contributed by atoms with Gasteiger partial charge in [-0.25, -0.2) is 0 Å². The molecule has 2 unspecified atom stereocenters. The zero-order valence-corrected chi connectivity index (χ0v) is 5.96. The van der Waals surface area contributed by atoms with E-state index in [0.717, 1.165) is 6.67 Å². The van der Waals surface area contributed by atoms with E-state index in [0.29, 0.717) is 12.0 Å². The highest BCUT2D eigenvalue weighted by Crippen LogP contribution is 2.18. The van der Waals surface area contributed by atoms with Crippen LogP contribution in [-0.2, 0) is 0 Å². The minimum Gasteiger partial charge on any atom is -0.291 e. The van der Waals surface area contributed by atoms with Gasteiger partial charge in [-0.1, -0.05) is 12.2 Å². The number of rotatable bonds is 0. The van der Waals surface area contributed by atoms with Gasteiger partial charge < -0.3 is 0 Å². The van der Waals surface area contributed by atoms with Crippen molar-refractivity contribution >= 4 is 6.21 Å². The second-order valence-electron chi connectivity index (χ2n) is 2.89. The maximum Gasteiger partial charge on any atom is 0.0885 e. The number of hydrogen-bond acceptors (Lipinski definition) is 2. The molecule has 0 amide bonds. The quantitative estimate of drug-likeness (QED) is 0.493. The summed E-state index contributed by atoms with van der Waals surface area (Å²) in [5, 5.41) is 3.34. The van der Waals surface area contributed by atoms with E-state index >= 15 is 0 Å². The first-order valence-corrected chi connectivity index (χ1v) is 3.87. The van der Waals surface area contributed by atoms with E-state index in [2.05, 4.69) is 28.7 Å². The van der Waals surface area contributed by atoms with Crippen LogP contribution in [0, 0.1) is 5.92 Å². The Balaban J connectivity index is 2.14. The molecule has 1 heterocycles. The molecule has 0 aromatic carbocycles. The minimum atomic E-state index is 0.575. The van der Waals surface area contributed by atoms with Crippen LogP contribution < -0.4 is 5.32 Å². The van der Waals surface area contributed by atoms with Crippen molar-refractivity contribution in [2.45, 2.75) is 18.9 Å². The highest BCUT2D eigenvalue weighted by atomic mass is 15.1. The molecular formula is C8H12N2. The van der Waals surface area contributed by atoms with Crippen LogP contribution in [0.5, 0.6) is 0 Å². The molecule has 10 heavy (non-hydrogen) atoms. The van der Waals surface area contributed by atoms with Crippen LogP contribution in [0.4, 0.5) is 0 Å². The van der Waals surface area contributed by atoms with Crippen molar-refractivity contribution in [3.63, 3.8) is 0 Å². The van der Waals surface area contributed by atoms with Gasteiger partial charge in [0.25, 0.3) is 0 Å². The summed E-state index contributed by atoms with van der Waals surface area (Å²) in [4.78, 5) is 4.19. The normalized spacial score (nSPS) is 37.6. The van der Waals surface area contributed by atoms with E-state index in [4.69, 9.17) is 0 Å². The van der Waals surface area contributed by atoms with Crippen LogP contribution in [0.15, 0.2) is 17.1 Å². The minimum absolute atomic E-state index is 0.575. The molecule has 0 fully saturated rings. The van der Waals surface area contributed by atoms with Crippen molar-refractivity contribution in [1.29, 1.82) is 0 Å². The van der Waals surface area contributed by atoms with Gasteiger partial charge in [0.2, 0.25) is 0 Å². The van der Waals surface area contributed by atoms with Crippen molar-refractivity contribution in [1.82, 2.24) is 5.32 Å². The third-order valence-corrected chi connectivity index (χ3v) is 2.19. The molecule has 1 aliphatic heterocycles. The highest BCUT2D eigenvalue weighted by molar-refractivity contribution is 5.63. The Hall–Kier alpha value is -0.630. The summed E-state index contributed by atoms with van der Waals surface area (Å²) in [6, 6.07) is 0.575. The molecule has 0 aromatic heterocycles. The molecule has 0 aromatic rings. The summed E-state index contributed by atoms with van der Waals surface area (Å²) < 4.78 is 0. The van der Waals surface area contributed by atoms with Gasteiger partial charge in [0, 0.05) is 18.2 Å². The summed E-state index contributed by atoms with van der Waals surface area (Å²) in [6.45, 7) is 0.797. The molecule has 0 saturated carbocycles. The maximum atomic E-state index is 4.19. The maximum absolute atomic E-state index is 4.19. The predicted octanol–water partition coefficient (Wildman–Crippen LogP) is 0.953. The molecule has 0 bridgehead atoms. The Labute approximate surface area is 61.0 Å². The molecule has 0 radical (unpaired) electrons. The number of nitrogens with zero attached hydrogens (tertiary/aromatic N) is 1. The first-order valence-electron chi connectivity index (χ1n) is 3.87. The topological polar surface area (TPSA) is 24.4 Å². The van der Waals surface area contributed by atoms with E-state index in [1.807, 2.05) is 0 Å². The Morgan fingerprint density at radius 1 is 1.50 bits per heavy atom. The Morgan fingerprint density at radius 2 is 2.50 bits per heavy atom. The van der Waals surface area contributed by atoms with Gasteiger partial charge in [0.05, 0.1) is 6.67 Å². The summed E-state index contributed by atoms with van der Waals surface area (Å²) in [5.74, 6) is 0.666. The second kappa shape index (κ2) is 2.54. The largest absolute Gasteiger partial charge is 0.291 e. The summed E-state index contributed by atoms with van der Waals surface area (Å²) in [6.07, 6.45) is 9.10. The molecule has 54 valence electrons. The Bertz CT molecular complexity index is 152.